The van der Waals surface area contributed by atoms with E-state index in [-0.39, 0.29) is 11.9 Å². The number of likely N-dealkylation sites (N-methyl/N-ethyl adjacent to an activating group) is 1. The lowest BCUT2D eigenvalue weighted by Crippen LogP contribution is -2.29. The lowest BCUT2D eigenvalue weighted by molar-refractivity contribution is 0.0619. The van der Waals surface area contributed by atoms with E-state index in [0.29, 0.717) is 36.0 Å². The van der Waals surface area contributed by atoms with Crippen molar-refractivity contribution in [2.45, 2.75) is 20.0 Å². The molecule has 20 heavy (non-hydrogen) atoms. The van der Waals surface area contributed by atoms with Crippen molar-refractivity contribution < 1.29 is 14.3 Å². The van der Waals surface area contributed by atoms with Crippen LogP contribution < -0.4 is 4.74 Å². The van der Waals surface area contributed by atoms with Gasteiger partial charge >= 0.3 is 0 Å². The third kappa shape index (κ3) is 5.49. The number of Topliss-reactive ketones (excluding diaryl/α,β-unsaturated/α-hetero) is 1. The molecule has 0 saturated heterocycles. The van der Waals surface area contributed by atoms with Gasteiger partial charge in [-0.25, -0.2) is 0 Å². The fourth-order valence-electron chi connectivity index (χ4n) is 1.70. The fourth-order valence-corrected chi connectivity index (χ4v) is 1.96. The predicted octanol–water partition coefficient (Wildman–Crippen LogP) is 2.89. The Kier molecular flexibility index (Phi) is 6.99. The van der Waals surface area contributed by atoms with Crippen molar-refractivity contribution in [3.8, 4) is 5.75 Å². The average Bonchev–Trinajstić information content (AvgIpc) is 2.38. The van der Waals surface area contributed by atoms with Gasteiger partial charge < -0.3 is 9.47 Å². The summed E-state index contributed by atoms with van der Waals surface area (Å²) >= 11 is 6.02. The number of ketones is 1. The van der Waals surface area contributed by atoms with E-state index >= 15 is 0 Å². The molecule has 0 aliphatic rings. The summed E-state index contributed by atoms with van der Waals surface area (Å²) in [6, 6.07) is 5.07. The number of ether oxygens (including phenoxy) is 2. The first-order chi connectivity index (χ1) is 9.43. The number of nitrogens with zero attached hydrogens (tertiary/aromatic N) is 1. The lowest BCUT2D eigenvalue weighted by atomic mass is 10.1. The second kappa shape index (κ2) is 8.25. The molecular weight excluding hydrogens is 278 g/mol. The quantitative estimate of drug-likeness (QED) is 0.692. The Morgan fingerprint density at radius 3 is 2.65 bits per heavy atom. The number of rotatable bonds is 8. The van der Waals surface area contributed by atoms with Gasteiger partial charge in [0.2, 0.25) is 0 Å². The molecule has 5 heteroatoms. The van der Waals surface area contributed by atoms with Gasteiger partial charge in [0, 0.05) is 12.1 Å². The van der Waals surface area contributed by atoms with E-state index in [4.69, 9.17) is 21.1 Å². The summed E-state index contributed by atoms with van der Waals surface area (Å²) < 4.78 is 10.5. The van der Waals surface area contributed by atoms with Gasteiger partial charge in [-0.3, -0.25) is 9.69 Å². The second-order valence-electron chi connectivity index (χ2n) is 4.93. The summed E-state index contributed by atoms with van der Waals surface area (Å²) in [5, 5.41) is 0.448. The van der Waals surface area contributed by atoms with Gasteiger partial charge in [0.1, 0.15) is 5.75 Å². The molecule has 0 aromatic heterocycles. The number of hydrogen-bond acceptors (Lipinski definition) is 4. The molecule has 112 valence electrons. The first-order valence-corrected chi connectivity index (χ1v) is 6.98. The van der Waals surface area contributed by atoms with E-state index in [1.54, 1.807) is 25.3 Å². The molecule has 1 aromatic rings. The van der Waals surface area contributed by atoms with Crippen molar-refractivity contribution in [3.63, 3.8) is 0 Å². The maximum atomic E-state index is 12.1. The lowest BCUT2D eigenvalue weighted by Gasteiger charge is -2.17. The Morgan fingerprint density at radius 1 is 1.40 bits per heavy atom. The molecular formula is C15H22ClNO3. The third-order valence-electron chi connectivity index (χ3n) is 2.81. The number of halogens is 1. The number of carbonyl (C=O) groups excluding carboxylic acids is 1. The topological polar surface area (TPSA) is 38.8 Å². The van der Waals surface area contributed by atoms with Crippen molar-refractivity contribution in [1.29, 1.82) is 0 Å². The molecule has 4 nitrogen and oxygen atoms in total. The van der Waals surface area contributed by atoms with Crippen LogP contribution in [0, 0.1) is 0 Å². The zero-order chi connectivity index (χ0) is 15.1. The van der Waals surface area contributed by atoms with Crippen LogP contribution in [0.25, 0.3) is 0 Å². The van der Waals surface area contributed by atoms with Gasteiger partial charge in [-0.15, -0.1) is 0 Å². The molecule has 0 fully saturated rings. The van der Waals surface area contributed by atoms with Crippen LogP contribution in [0.4, 0.5) is 0 Å². The SMILES string of the molecule is COc1ccc(C(=O)CN(C)CCOC(C)C)cc1Cl. The Hall–Kier alpha value is -1.10. The Bertz CT molecular complexity index is 449. The minimum Gasteiger partial charge on any atom is -0.495 e. The molecule has 0 unspecified atom stereocenters. The van der Waals surface area contributed by atoms with Gasteiger partial charge in [-0.1, -0.05) is 11.6 Å². The highest BCUT2D eigenvalue weighted by molar-refractivity contribution is 6.32. The van der Waals surface area contributed by atoms with Gasteiger partial charge in [-0.05, 0) is 39.1 Å². The largest absolute Gasteiger partial charge is 0.495 e. The van der Waals surface area contributed by atoms with Gasteiger partial charge in [0.15, 0.2) is 5.78 Å². The molecule has 0 radical (unpaired) electrons. The first-order valence-electron chi connectivity index (χ1n) is 6.61. The molecule has 0 spiro atoms. The predicted molar refractivity (Wildman–Crippen MR) is 80.9 cm³/mol. The smallest absolute Gasteiger partial charge is 0.176 e. The third-order valence-corrected chi connectivity index (χ3v) is 3.11. The molecule has 0 bridgehead atoms. The van der Waals surface area contributed by atoms with Crippen LogP contribution in [0.5, 0.6) is 5.75 Å². The van der Waals surface area contributed by atoms with Crippen LogP contribution >= 0.6 is 11.6 Å². The van der Waals surface area contributed by atoms with Crippen molar-refractivity contribution in [3.05, 3.63) is 28.8 Å². The second-order valence-corrected chi connectivity index (χ2v) is 5.34. The van der Waals surface area contributed by atoms with Crippen molar-refractivity contribution in [1.82, 2.24) is 4.90 Å². The van der Waals surface area contributed by atoms with E-state index in [1.165, 1.54) is 0 Å². The average molecular weight is 300 g/mol. The standard InChI is InChI=1S/C15H22ClNO3/c1-11(2)20-8-7-17(3)10-14(18)12-5-6-15(19-4)13(16)9-12/h5-6,9,11H,7-8,10H2,1-4H3. The number of carbonyl (C=O) groups is 1. The van der Waals surface area contributed by atoms with Crippen LogP contribution in [-0.2, 0) is 4.74 Å². The number of hydrogen-bond donors (Lipinski definition) is 0. The molecule has 0 heterocycles. The molecule has 1 aromatic carbocycles. The van der Waals surface area contributed by atoms with Crippen molar-refractivity contribution in [2.75, 3.05) is 33.9 Å². The number of methoxy groups -OCH3 is 1. The highest BCUT2D eigenvalue weighted by Crippen LogP contribution is 2.25. The van der Waals surface area contributed by atoms with Crippen LogP contribution in [0.1, 0.15) is 24.2 Å². The maximum absolute atomic E-state index is 12.1. The van der Waals surface area contributed by atoms with E-state index in [2.05, 4.69) is 0 Å². The highest BCUT2D eigenvalue weighted by atomic mass is 35.5. The van der Waals surface area contributed by atoms with Crippen molar-refractivity contribution in [2.24, 2.45) is 0 Å². The van der Waals surface area contributed by atoms with Crippen LogP contribution in [0.15, 0.2) is 18.2 Å². The zero-order valence-electron chi connectivity index (χ0n) is 12.5. The summed E-state index contributed by atoms with van der Waals surface area (Å²) in [7, 11) is 3.44. The summed E-state index contributed by atoms with van der Waals surface area (Å²) in [6.45, 7) is 5.65. The normalized spacial score (nSPS) is 11.2. The summed E-state index contributed by atoms with van der Waals surface area (Å²) in [5.41, 5.74) is 0.590. The molecule has 0 saturated carbocycles. The molecule has 0 N–H and O–H groups in total. The Labute approximate surface area is 125 Å². The van der Waals surface area contributed by atoms with Gasteiger partial charge in [-0.2, -0.15) is 0 Å². The monoisotopic (exact) mass is 299 g/mol. The van der Waals surface area contributed by atoms with E-state index in [0.717, 1.165) is 0 Å². The number of benzene rings is 1. The van der Waals surface area contributed by atoms with Gasteiger partial charge in [0.05, 0.1) is 31.4 Å². The Morgan fingerprint density at radius 2 is 2.10 bits per heavy atom. The van der Waals surface area contributed by atoms with E-state index < -0.39 is 0 Å². The fraction of sp³-hybridized carbons (Fsp3) is 0.533. The minimum absolute atomic E-state index is 0.0293. The first kappa shape index (κ1) is 17.0. The molecule has 0 atom stereocenters. The molecule has 0 aliphatic carbocycles. The summed E-state index contributed by atoms with van der Waals surface area (Å²) in [6.07, 6.45) is 0.208. The van der Waals surface area contributed by atoms with Crippen molar-refractivity contribution >= 4 is 17.4 Å². The summed E-state index contributed by atoms with van der Waals surface area (Å²) in [5.74, 6) is 0.600. The van der Waals surface area contributed by atoms with E-state index in [1.807, 2.05) is 25.8 Å². The van der Waals surface area contributed by atoms with Gasteiger partial charge in [0.25, 0.3) is 0 Å². The van der Waals surface area contributed by atoms with Crippen LogP contribution in [0.3, 0.4) is 0 Å². The van der Waals surface area contributed by atoms with E-state index in [9.17, 15) is 4.79 Å². The zero-order valence-corrected chi connectivity index (χ0v) is 13.2. The van der Waals surface area contributed by atoms with Crippen LogP contribution in [-0.4, -0.2) is 50.6 Å². The molecule has 0 amide bonds. The Balaban J connectivity index is 2.51. The molecule has 0 aliphatic heterocycles. The maximum Gasteiger partial charge on any atom is 0.176 e. The minimum atomic E-state index is 0.0293. The highest BCUT2D eigenvalue weighted by Gasteiger charge is 2.11. The summed E-state index contributed by atoms with van der Waals surface area (Å²) in [4.78, 5) is 14.1. The van der Waals surface area contributed by atoms with Crippen LogP contribution in [0.2, 0.25) is 5.02 Å². The molecule has 1 rings (SSSR count).